The van der Waals surface area contributed by atoms with Crippen LogP contribution in [0.2, 0.25) is 0 Å². The van der Waals surface area contributed by atoms with E-state index in [0.717, 1.165) is 23.6 Å². The predicted octanol–water partition coefficient (Wildman–Crippen LogP) is 2.00. The maximum absolute atomic E-state index is 8.99. The fourth-order valence-corrected chi connectivity index (χ4v) is 2.32. The lowest BCUT2D eigenvalue weighted by atomic mass is 10.3. The van der Waals surface area contributed by atoms with E-state index >= 15 is 0 Å². The van der Waals surface area contributed by atoms with E-state index in [1.807, 2.05) is 35.8 Å². The van der Waals surface area contributed by atoms with Crippen molar-refractivity contribution in [3.8, 4) is 5.75 Å². The molecule has 0 unspecified atom stereocenters. The number of aliphatic hydroxyl groups is 1. The van der Waals surface area contributed by atoms with Gasteiger partial charge in [-0.05, 0) is 31.2 Å². The summed E-state index contributed by atoms with van der Waals surface area (Å²) in [7, 11) is 1.63. The van der Waals surface area contributed by atoms with E-state index in [9.17, 15) is 0 Å². The summed E-state index contributed by atoms with van der Waals surface area (Å²) in [5, 5.41) is 15.3. The maximum Gasteiger partial charge on any atom is 0.226 e. The van der Waals surface area contributed by atoms with Crippen molar-refractivity contribution in [1.82, 2.24) is 19.5 Å². The number of hydrogen-bond acceptors (Lipinski definition) is 7. The van der Waals surface area contributed by atoms with Gasteiger partial charge in [0.05, 0.1) is 20.0 Å². The number of nitrogens with zero attached hydrogens (tertiary/aromatic N) is 4. The monoisotopic (exact) mass is 328 g/mol. The van der Waals surface area contributed by atoms with Crippen LogP contribution in [0.25, 0.3) is 11.2 Å². The normalized spacial score (nSPS) is 10.8. The van der Waals surface area contributed by atoms with Crippen LogP contribution in [0.3, 0.4) is 0 Å². The van der Waals surface area contributed by atoms with E-state index in [1.54, 1.807) is 13.4 Å². The van der Waals surface area contributed by atoms with Crippen LogP contribution in [-0.4, -0.2) is 44.9 Å². The highest BCUT2D eigenvalue weighted by molar-refractivity contribution is 5.86. The molecule has 126 valence electrons. The molecule has 0 atom stereocenters. The molecule has 3 rings (SSSR count). The molecule has 0 saturated carbocycles. The van der Waals surface area contributed by atoms with Gasteiger partial charge in [-0.1, -0.05) is 0 Å². The first-order valence-electron chi connectivity index (χ1n) is 7.73. The number of methoxy groups -OCH3 is 1. The van der Waals surface area contributed by atoms with Gasteiger partial charge in [0.1, 0.15) is 5.75 Å². The molecule has 0 aliphatic rings. The number of aromatic nitrogens is 4. The lowest BCUT2D eigenvalue weighted by Gasteiger charge is -2.10. The Balaban J connectivity index is 1.98. The first-order valence-corrected chi connectivity index (χ1v) is 7.73. The number of anilines is 3. The Hall–Kier alpha value is -2.87. The highest BCUT2D eigenvalue weighted by Gasteiger charge is 2.13. The van der Waals surface area contributed by atoms with E-state index < -0.39 is 0 Å². The minimum absolute atomic E-state index is 0.00960. The van der Waals surface area contributed by atoms with Gasteiger partial charge in [-0.15, -0.1) is 0 Å². The SMILES string of the molecule is CCn1cnc2c(Nc3ccc(OC)cc3)nc(NCCO)nc21. The zero-order valence-corrected chi connectivity index (χ0v) is 13.7. The molecule has 0 saturated heterocycles. The second-order valence-corrected chi connectivity index (χ2v) is 5.10. The van der Waals surface area contributed by atoms with Gasteiger partial charge < -0.3 is 25.0 Å². The van der Waals surface area contributed by atoms with E-state index in [2.05, 4.69) is 25.6 Å². The first-order chi connectivity index (χ1) is 11.7. The molecule has 3 N–H and O–H groups in total. The van der Waals surface area contributed by atoms with Gasteiger partial charge in [0.15, 0.2) is 17.0 Å². The van der Waals surface area contributed by atoms with Crippen LogP contribution in [0.1, 0.15) is 6.92 Å². The fourth-order valence-electron chi connectivity index (χ4n) is 2.32. The summed E-state index contributed by atoms with van der Waals surface area (Å²) < 4.78 is 7.11. The molecule has 0 bridgehead atoms. The quantitative estimate of drug-likeness (QED) is 0.610. The minimum atomic E-state index is 0.00960. The summed E-state index contributed by atoms with van der Waals surface area (Å²) in [6, 6.07) is 7.56. The fraction of sp³-hybridized carbons (Fsp3) is 0.312. The molecule has 3 aromatic rings. The van der Waals surface area contributed by atoms with Crippen molar-refractivity contribution in [2.75, 3.05) is 30.9 Å². The summed E-state index contributed by atoms with van der Waals surface area (Å²) in [4.78, 5) is 13.4. The third-order valence-electron chi connectivity index (χ3n) is 3.55. The van der Waals surface area contributed by atoms with Crippen molar-refractivity contribution in [3.05, 3.63) is 30.6 Å². The maximum atomic E-state index is 8.99. The molecule has 24 heavy (non-hydrogen) atoms. The van der Waals surface area contributed by atoms with Crippen LogP contribution in [0.15, 0.2) is 30.6 Å². The summed E-state index contributed by atoms with van der Waals surface area (Å²) in [5.74, 6) is 1.84. The lowest BCUT2D eigenvalue weighted by Crippen LogP contribution is -2.10. The third-order valence-corrected chi connectivity index (χ3v) is 3.55. The molecule has 8 heteroatoms. The van der Waals surface area contributed by atoms with Gasteiger partial charge in [-0.3, -0.25) is 0 Å². The van der Waals surface area contributed by atoms with Crippen molar-refractivity contribution in [2.24, 2.45) is 0 Å². The zero-order valence-electron chi connectivity index (χ0n) is 13.7. The Morgan fingerprint density at radius 2 is 2.00 bits per heavy atom. The van der Waals surface area contributed by atoms with Crippen LogP contribution in [0.5, 0.6) is 5.75 Å². The Bertz CT molecular complexity index is 815. The topological polar surface area (TPSA) is 97.1 Å². The molecular formula is C16H20N6O2. The average molecular weight is 328 g/mol. The number of aryl methyl sites for hydroxylation is 1. The van der Waals surface area contributed by atoms with Crippen LogP contribution in [0.4, 0.5) is 17.5 Å². The summed E-state index contributed by atoms with van der Waals surface area (Å²) in [5.41, 5.74) is 2.31. The van der Waals surface area contributed by atoms with E-state index in [-0.39, 0.29) is 6.61 Å². The molecule has 0 aliphatic carbocycles. The summed E-state index contributed by atoms with van der Waals surface area (Å²) >= 11 is 0. The average Bonchev–Trinajstić information content (AvgIpc) is 3.04. The third kappa shape index (κ3) is 3.23. The van der Waals surface area contributed by atoms with Gasteiger partial charge in [-0.2, -0.15) is 9.97 Å². The number of fused-ring (bicyclic) bond motifs is 1. The number of hydrogen-bond donors (Lipinski definition) is 3. The van der Waals surface area contributed by atoms with Gasteiger partial charge in [0.25, 0.3) is 0 Å². The van der Waals surface area contributed by atoms with Gasteiger partial charge >= 0.3 is 0 Å². The first kappa shape index (κ1) is 16.0. The number of ether oxygens (including phenoxy) is 1. The highest BCUT2D eigenvalue weighted by atomic mass is 16.5. The molecule has 0 amide bonds. The van der Waals surface area contributed by atoms with Crippen LogP contribution in [-0.2, 0) is 6.54 Å². The van der Waals surface area contributed by atoms with Crippen LogP contribution < -0.4 is 15.4 Å². The van der Waals surface area contributed by atoms with Gasteiger partial charge in [0, 0.05) is 18.8 Å². The predicted molar refractivity (Wildman–Crippen MR) is 92.8 cm³/mol. The number of benzene rings is 1. The molecular weight excluding hydrogens is 308 g/mol. The molecule has 0 radical (unpaired) electrons. The van der Waals surface area contributed by atoms with Crippen molar-refractivity contribution < 1.29 is 9.84 Å². The van der Waals surface area contributed by atoms with Crippen molar-refractivity contribution in [3.63, 3.8) is 0 Å². The number of imidazole rings is 1. The smallest absolute Gasteiger partial charge is 0.226 e. The van der Waals surface area contributed by atoms with Crippen molar-refractivity contribution in [1.29, 1.82) is 0 Å². The zero-order chi connectivity index (χ0) is 16.9. The Morgan fingerprint density at radius 1 is 1.21 bits per heavy atom. The lowest BCUT2D eigenvalue weighted by molar-refractivity contribution is 0.311. The molecule has 2 aromatic heterocycles. The van der Waals surface area contributed by atoms with Crippen LogP contribution in [0, 0.1) is 0 Å². The van der Waals surface area contributed by atoms with Gasteiger partial charge in [0.2, 0.25) is 5.95 Å². The number of nitrogens with one attached hydrogen (secondary N) is 2. The molecule has 8 nitrogen and oxygen atoms in total. The largest absolute Gasteiger partial charge is 0.497 e. The van der Waals surface area contributed by atoms with Crippen molar-refractivity contribution >= 4 is 28.6 Å². The number of rotatable bonds is 7. The van der Waals surface area contributed by atoms with Crippen molar-refractivity contribution in [2.45, 2.75) is 13.5 Å². The highest BCUT2D eigenvalue weighted by Crippen LogP contribution is 2.25. The Morgan fingerprint density at radius 3 is 2.67 bits per heavy atom. The Kier molecular flexibility index (Phi) is 4.76. The Labute approximate surface area is 139 Å². The summed E-state index contributed by atoms with van der Waals surface area (Å²) in [6.45, 7) is 3.18. The van der Waals surface area contributed by atoms with Crippen LogP contribution >= 0.6 is 0 Å². The van der Waals surface area contributed by atoms with Gasteiger partial charge in [-0.25, -0.2) is 4.98 Å². The molecule has 0 fully saturated rings. The van der Waals surface area contributed by atoms with E-state index in [0.29, 0.717) is 23.8 Å². The van der Waals surface area contributed by atoms with E-state index in [4.69, 9.17) is 9.84 Å². The molecule has 0 spiro atoms. The minimum Gasteiger partial charge on any atom is -0.497 e. The molecule has 0 aliphatic heterocycles. The number of aliphatic hydroxyl groups excluding tert-OH is 1. The summed E-state index contributed by atoms with van der Waals surface area (Å²) in [6.07, 6.45) is 1.74. The molecule has 1 aromatic carbocycles. The van der Waals surface area contributed by atoms with E-state index in [1.165, 1.54) is 0 Å². The second-order valence-electron chi connectivity index (χ2n) is 5.10. The second kappa shape index (κ2) is 7.14. The standard InChI is InChI=1S/C16H20N6O2/c1-3-22-10-18-13-14(19-11-4-6-12(24-2)7-5-11)20-16(17-8-9-23)21-15(13)22/h4-7,10,23H,3,8-9H2,1-2H3,(H2,17,19,20,21). The molecule has 2 heterocycles.